The first-order valence-corrected chi connectivity index (χ1v) is 9.17. The zero-order chi connectivity index (χ0) is 19.7. The molecule has 0 radical (unpaired) electrons. The maximum absolute atomic E-state index is 13.7. The van der Waals surface area contributed by atoms with Gasteiger partial charge in [0.15, 0.2) is 0 Å². The molecular formula is C20H21FN6O. The zero-order valence-electron chi connectivity index (χ0n) is 15.5. The van der Waals surface area contributed by atoms with E-state index in [9.17, 15) is 9.18 Å². The number of rotatable bonds is 3. The number of amides is 1. The van der Waals surface area contributed by atoms with Gasteiger partial charge in [0.1, 0.15) is 5.82 Å². The maximum atomic E-state index is 13.7. The summed E-state index contributed by atoms with van der Waals surface area (Å²) in [7, 11) is 1.78. The summed E-state index contributed by atoms with van der Waals surface area (Å²) in [6, 6.07) is 6.34. The van der Waals surface area contributed by atoms with Crippen molar-refractivity contribution in [3.8, 4) is 11.1 Å². The number of nitrogen functional groups attached to an aromatic ring is 1. The lowest BCUT2D eigenvalue weighted by Gasteiger charge is -2.33. The van der Waals surface area contributed by atoms with Crippen molar-refractivity contribution >= 4 is 11.9 Å². The summed E-state index contributed by atoms with van der Waals surface area (Å²) in [6.45, 7) is 1.20. The van der Waals surface area contributed by atoms with E-state index in [4.69, 9.17) is 5.73 Å². The van der Waals surface area contributed by atoms with Gasteiger partial charge in [-0.05, 0) is 30.5 Å². The molecular weight excluding hydrogens is 359 g/mol. The van der Waals surface area contributed by atoms with Crippen molar-refractivity contribution in [2.45, 2.75) is 18.8 Å². The number of benzene rings is 1. The van der Waals surface area contributed by atoms with E-state index < -0.39 is 0 Å². The Morgan fingerprint density at radius 1 is 1.32 bits per heavy atom. The molecule has 1 aromatic carbocycles. The van der Waals surface area contributed by atoms with Gasteiger partial charge < -0.3 is 10.6 Å². The highest BCUT2D eigenvalue weighted by atomic mass is 19.1. The summed E-state index contributed by atoms with van der Waals surface area (Å²) in [6.07, 6.45) is 6.65. The normalized spacial score (nSPS) is 16.9. The lowest BCUT2D eigenvalue weighted by molar-refractivity contribution is 0.0706. The van der Waals surface area contributed by atoms with Crippen LogP contribution in [0.3, 0.4) is 0 Å². The van der Waals surface area contributed by atoms with Crippen molar-refractivity contribution in [1.29, 1.82) is 0 Å². The minimum atomic E-state index is -0.322. The second-order valence-corrected chi connectivity index (χ2v) is 7.03. The molecule has 1 aliphatic heterocycles. The van der Waals surface area contributed by atoms with Crippen molar-refractivity contribution in [2.75, 3.05) is 18.8 Å². The van der Waals surface area contributed by atoms with E-state index in [1.165, 1.54) is 12.1 Å². The minimum absolute atomic E-state index is 0.00191. The lowest BCUT2D eigenvalue weighted by Crippen LogP contribution is -2.39. The SMILES string of the molecule is Cn1cc(C(=O)N2CCC[C@H](c3nc(N)ncc3-c3cccc(F)c3)C2)cn1. The molecule has 1 saturated heterocycles. The van der Waals surface area contributed by atoms with Crippen LogP contribution < -0.4 is 5.73 Å². The number of hydrogen-bond donors (Lipinski definition) is 1. The molecule has 0 saturated carbocycles. The Hall–Kier alpha value is -3.29. The van der Waals surface area contributed by atoms with Crippen molar-refractivity contribution in [2.24, 2.45) is 7.05 Å². The number of piperidine rings is 1. The first-order chi connectivity index (χ1) is 13.5. The van der Waals surface area contributed by atoms with Gasteiger partial charge in [-0.15, -0.1) is 0 Å². The number of halogens is 1. The molecule has 3 aromatic rings. The molecule has 8 heteroatoms. The van der Waals surface area contributed by atoms with Gasteiger partial charge in [-0.25, -0.2) is 14.4 Å². The number of aryl methyl sites for hydroxylation is 1. The van der Waals surface area contributed by atoms with E-state index >= 15 is 0 Å². The second-order valence-electron chi connectivity index (χ2n) is 7.03. The number of anilines is 1. The Bertz CT molecular complexity index is 1020. The summed E-state index contributed by atoms with van der Waals surface area (Å²) in [5.41, 5.74) is 8.60. The van der Waals surface area contributed by atoms with Crippen molar-refractivity contribution in [3.05, 3.63) is 59.9 Å². The molecule has 0 aliphatic carbocycles. The third kappa shape index (κ3) is 3.58. The number of carbonyl (C=O) groups excluding carboxylic acids is 1. The Balaban J connectivity index is 1.65. The summed E-state index contributed by atoms with van der Waals surface area (Å²) in [5, 5.41) is 4.08. The van der Waals surface area contributed by atoms with Gasteiger partial charge in [0.2, 0.25) is 5.95 Å². The number of nitrogens with two attached hydrogens (primary N) is 1. The molecule has 1 fully saturated rings. The summed E-state index contributed by atoms with van der Waals surface area (Å²) < 4.78 is 15.4. The third-order valence-electron chi connectivity index (χ3n) is 5.02. The van der Waals surface area contributed by atoms with E-state index in [1.54, 1.807) is 36.4 Å². The van der Waals surface area contributed by atoms with Crippen LogP contribution in [0.2, 0.25) is 0 Å². The van der Waals surface area contributed by atoms with E-state index in [1.807, 2.05) is 11.0 Å². The zero-order valence-corrected chi connectivity index (χ0v) is 15.5. The maximum Gasteiger partial charge on any atom is 0.257 e. The molecule has 2 aromatic heterocycles. The van der Waals surface area contributed by atoms with Gasteiger partial charge in [0.25, 0.3) is 5.91 Å². The highest BCUT2D eigenvalue weighted by Gasteiger charge is 2.29. The van der Waals surface area contributed by atoms with Crippen LogP contribution >= 0.6 is 0 Å². The van der Waals surface area contributed by atoms with Crippen LogP contribution in [0.4, 0.5) is 10.3 Å². The highest BCUT2D eigenvalue weighted by molar-refractivity contribution is 5.93. The lowest BCUT2D eigenvalue weighted by atomic mass is 9.89. The second kappa shape index (κ2) is 7.38. The number of aromatic nitrogens is 4. The molecule has 1 atom stereocenters. The molecule has 7 nitrogen and oxygen atoms in total. The average molecular weight is 380 g/mol. The van der Waals surface area contributed by atoms with E-state index in [0.29, 0.717) is 24.2 Å². The van der Waals surface area contributed by atoms with E-state index in [0.717, 1.165) is 24.1 Å². The van der Waals surface area contributed by atoms with Crippen LogP contribution in [-0.4, -0.2) is 43.6 Å². The Labute approximate surface area is 162 Å². The number of likely N-dealkylation sites (tertiary alicyclic amines) is 1. The van der Waals surface area contributed by atoms with Crippen LogP contribution in [0.1, 0.15) is 34.8 Å². The molecule has 3 heterocycles. The molecule has 0 bridgehead atoms. The van der Waals surface area contributed by atoms with Crippen molar-refractivity contribution in [3.63, 3.8) is 0 Å². The Kier molecular flexibility index (Phi) is 4.77. The number of carbonyl (C=O) groups is 1. The largest absolute Gasteiger partial charge is 0.368 e. The van der Waals surface area contributed by atoms with Crippen LogP contribution in [0.25, 0.3) is 11.1 Å². The van der Waals surface area contributed by atoms with Gasteiger partial charge in [-0.3, -0.25) is 9.48 Å². The fourth-order valence-corrected chi connectivity index (χ4v) is 3.70. The van der Waals surface area contributed by atoms with Gasteiger partial charge in [0, 0.05) is 44.0 Å². The van der Waals surface area contributed by atoms with Crippen LogP contribution in [-0.2, 0) is 7.05 Å². The fourth-order valence-electron chi connectivity index (χ4n) is 3.70. The molecule has 28 heavy (non-hydrogen) atoms. The van der Waals surface area contributed by atoms with Crippen LogP contribution in [0.5, 0.6) is 0 Å². The molecule has 0 spiro atoms. The van der Waals surface area contributed by atoms with E-state index in [-0.39, 0.29) is 23.6 Å². The molecule has 2 N–H and O–H groups in total. The van der Waals surface area contributed by atoms with Crippen molar-refractivity contribution < 1.29 is 9.18 Å². The predicted octanol–water partition coefficient (Wildman–Crippen LogP) is 2.62. The summed E-state index contributed by atoms with van der Waals surface area (Å²) >= 11 is 0. The Morgan fingerprint density at radius 2 is 2.18 bits per heavy atom. The first-order valence-electron chi connectivity index (χ1n) is 9.17. The van der Waals surface area contributed by atoms with Gasteiger partial charge >= 0.3 is 0 Å². The molecule has 1 aliphatic rings. The summed E-state index contributed by atoms with van der Waals surface area (Å²) in [4.78, 5) is 23.2. The minimum Gasteiger partial charge on any atom is -0.368 e. The molecule has 4 rings (SSSR count). The average Bonchev–Trinajstić information content (AvgIpc) is 3.14. The summed E-state index contributed by atoms with van der Waals surface area (Å²) in [5.74, 6) is -0.201. The number of hydrogen-bond acceptors (Lipinski definition) is 5. The standard InChI is InChI=1S/C20H21FN6O/c1-26-11-15(9-24-26)19(28)27-7-3-5-14(12-27)18-17(10-23-20(22)25-18)13-4-2-6-16(21)8-13/h2,4,6,8-11,14H,3,5,7,12H2,1H3,(H2,22,23,25)/t14-/m0/s1. The molecule has 1 amide bonds. The monoisotopic (exact) mass is 380 g/mol. The van der Waals surface area contributed by atoms with Gasteiger partial charge in [0.05, 0.1) is 17.5 Å². The molecule has 0 unspecified atom stereocenters. The van der Waals surface area contributed by atoms with E-state index in [2.05, 4.69) is 15.1 Å². The topological polar surface area (TPSA) is 89.9 Å². The number of nitrogens with zero attached hydrogens (tertiary/aromatic N) is 5. The third-order valence-corrected chi connectivity index (χ3v) is 5.02. The smallest absolute Gasteiger partial charge is 0.257 e. The quantitative estimate of drug-likeness (QED) is 0.754. The van der Waals surface area contributed by atoms with Gasteiger partial charge in [-0.1, -0.05) is 12.1 Å². The van der Waals surface area contributed by atoms with Crippen LogP contribution in [0, 0.1) is 5.82 Å². The predicted molar refractivity (Wildman–Crippen MR) is 103 cm³/mol. The van der Waals surface area contributed by atoms with Crippen molar-refractivity contribution in [1.82, 2.24) is 24.6 Å². The molecule has 144 valence electrons. The van der Waals surface area contributed by atoms with Crippen LogP contribution in [0.15, 0.2) is 42.9 Å². The first kappa shape index (κ1) is 18.1. The highest BCUT2D eigenvalue weighted by Crippen LogP contribution is 2.34. The Morgan fingerprint density at radius 3 is 2.93 bits per heavy atom. The fraction of sp³-hybridized carbons (Fsp3) is 0.300. The van der Waals surface area contributed by atoms with Gasteiger partial charge in [-0.2, -0.15) is 5.10 Å².